The molecule has 0 radical (unpaired) electrons. The molecule has 0 unspecified atom stereocenters. The fourth-order valence-electron chi connectivity index (χ4n) is 0.462. The second-order valence-electron chi connectivity index (χ2n) is 1.56. The van der Waals surface area contributed by atoms with E-state index in [4.69, 9.17) is 11.5 Å². The lowest BCUT2D eigenvalue weighted by atomic mass is 10.2. The third kappa shape index (κ3) is 1.70. The van der Waals surface area contributed by atoms with Gasteiger partial charge in [0.05, 0.1) is 0 Å². The molecule has 0 aliphatic carbocycles. The second kappa shape index (κ2) is 3.15. The average Bonchev–Trinajstić information content (AvgIpc) is 1.69. The van der Waals surface area contributed by atoms with E-state index in [1.54, 1.807) is 6.92 Å². The number of hydrogen-bond acceptors (Lipinski definition) is 1. The first-order valence-corrected chi connectivity index (χ1v) is 2.57. The minimum Gasteiger partial charge on any atom is -0.512 e. The molecule has 0 fully saturated rings. The van der Waals surface area contributed by atoms with Crippen LogP contribution in [0.2, 0.25) is 0 Å². The summed E-state index contributed by atoms with van der Waals surface area (Å²) in [5.41, 5.74) is 0.685. The fraction of sp³-hybridized carbons (Fsp3) is 0.429. The summed E-state index contributed by atoms with van der Waals surface area (Å²) in [5.74, 6) is 2.64. The molecular formula is C7H10O. The summed E-state index contributed by atoms with van der Waals surface area (Å²) >= 11 is 0. The zero-order valence-corrected chi connectivity index (χ0v) is 5.23. The van der Waals surface area contributed by atoms with E-state index in [0.29, 0.717) is 5.57 Å². The van der Waals surface area contributed by atoms with Crippen molar-refractivity contribution in [3.8, 4) is 12.3 Å². The predicted octanol–water partition coefficient (Wildman–Crippen LogP) is 1.86. The van der Waals surface area contributed by atoms with Gasteiger partial charge >= 0.3 is 0 Å². The van der Waals surface area contributed by atoms with Crippen LogP contribution in [0.5, 0.6) is 0 Å². The standard InChI is InChI=1S/C7H10O/c1-4-7(5-2)6(3)8/h1,8H,5H2,2-3H3. The van der Waals surface area contributed by atoms with Gasteiger partial charge in [-0.1, -0.05) is 12.8 Å². The maximum atomic E-state index is 8.75. The summed E-state index contributed by atoms with van der Waals surface area (Å²) in [6.45, 7) is 3.51. The van der Waals surface area contributed by atoms with Crippen molar-refractivity contribution in [2.24, 2.45) is 0 Å². The summed E-state index contributed by atoms with van der Waals surface area (Å²) in [7, 11) is 0. The molecule has 44 valence electrons. The third-order valence-electron chi connectivity index (χ3n) is 0.965. The van der Waals surface area contributed by atoms with E-state index in [-0.39, 0.29) is 5.76 Å². The van der Waals surface area contributed by atoms with Crippen molar-refractivity contribution in [2.75, 3.05) is 0 Å². The van der Waals surface area contributed by atoms with Crippen molar-refractivity contribution >= 4 is 0 Å². The molecule has 0 amide bonds. The van der Waals surface area contributed by atoms with E-state index in [9.17, 15) is 0 Å². The summed E-state index contributed by atoms with van der Waals surface area (Å²) < 4.78 is 0. The Morgan fingerprint density at radius 3 is 2.25 bits per heavy atom. The van der Waals surface area contributed by atoms with Crippen LogP contribution in [0.3, 0.4) is 0 Å². The smallest absolute Gasteiger partial charge is 0.101 e. The Bertz CT molecular complexity index is 133. The van der Waals surface area contributed by atoms with Gasteiger partial charge in [-0.25, -0.2) is 0 Å². The molecule has 0 rings (SSSR count). The van der Waals surface area contributed by atoms with Gasteiger partial charge in [0.1, 0.15) is 5.76 Å². The van der Waals surface area contributed by atoms with E-state index in [2.05, 4.69) is 5.92 Å². The highest BCUT2D eigenvalue weighted by atomic mass is 16.3. The topological polar surface area (TPSA) is 20.2 Å². The molecule has 0 aromatic carbocycles. The van der Waals surface area contributed by atoms with Crippen LogP contribution < -0.4 is 0 Å². The van der Waals surface area contributed by atoms with E-state index in [0.717, 1.165) is 6.42 Å². The summed E-state index contributed by atoms with van der Waals surface area (Å²) in [6.07, 6.45) is 5.75. The van der Waals surface area contributed by atoms with Crippen LogP contribution in [0.25, 0.3) is 0 Å². The average molecular weight is 110 g/mol. The van der Waals surface area contributed by atoms with Crippen molar-refractivity contribution < 1.29 is 5.11 Å². The van der Waals surface area contributed by atoms with Crippen molar-refractivity contribution in [3.05, 3.63) is 11.3 Å². The van der Waals surface area contributed by atoms with Crippen LogP contribution in [0, 0.1) is 12.3 Å². The quantitative estimate of drug-likeness (QED) is 0.403. The van der Waals surface area contributed by atoms with Crippen LogP contribution in [0.15, 0.2) is 11.3 Å². The lowest BCUT2D eigenvalue weighted by Gasteiger charge is -1.92. The Kier molecular flexibility index (Phi) is 2.79. The molecule has 8 heavy (non-hydrogen) atoms. The first-order chi connectivity index (χ1) is 3.72. The Morgan fingerprint density at radius 2 is 2.25 bits per heavy atom. The van der Waals surface area contributed by atoms with Crippen LogP contribution in [-0.2, 0) is 0 Å². The Balaban J connectivity index is 4.15. The van der Waals surface area contributed by atoms with Crippen molar-refractivity contribution in [1.29, 1.82) is 0 Å². The highest BCUT2D eigenvalue weighted by molar-refractivity contribution is 5.26. The molecule has 0 aliphatic heterocycles. The maximum Gasteiger partial charge on any atom is 0.101 e. The number of allylic oxidation sites excluding steroid dienone is 2. The number of hydrogen-bond donors (Lipinski definition) is 1. The Hall–Kier alpha value is -0.900. The van der Waals surface area contributed by atoms with E-state index in [1.807, 2.05) is 6.92 Å². The zero-order chi connectivity index (χ0) is 6.57. The number of aliphatic hydroxyl groups excluding tert-OH is 1. The van der Waals surface area contributed by atoms with Gasteiger partial charge in [0.2, 0.25) is 0 Å². The zero-order valence-electron chi connectivity index (χ0n) is 5.23. The van der Waals surface area contributed by atoms with Crippen molar-refractivity contribution in [1.82, 2.24) is 0 Å². The van der Waals surface area contributed by atoms with Gasteiger partial charge < -0.3 is 5.11 Å². The highest BCUT2D eigenvalue weighted by Crippen LogP contribution is 2.02. The monoisotopic (exact) mass is 110 g/mol. The lowest BCUT2D eigenvalue weighted by Crippen LogP contribution is -1.80. The molecule has 1 nitrogen and oxygen atoms in total. The largest absolute Gasteiger partial charge is 0.512 e. The molecule has 0 aromatic heterocycles. The minimum atomic E-state index is 0.259. The van der Waals surface area contributed by atoms with Gasteiger partial charge in [-0.05, 0) is 13.3 Å². The number of terminal acetylenes is 1. The van der Waals surface area contributed by atoms with Crippen molar-refractivity contribution in [3.63, 3.8) is 0 Å². The molecule has 0 bridgehead atoms. The molecule has 0 saturated carbocycles. The van der Waals surface area contributed by atoms with Crippen LogP contribution in [0.1, 0.15) is 20.3 Å². The number of aliphatic hydroxyl groups is 1. The molecule has 0 aromatic rings. The van der Waals surface area contributed by atoms with Crippen LogP contribution >= 0.6 is 0 Å². The third-order valence-corrected chi connectivity index (χ3v) is 0.965. The van der Waals surface area contributed by atoms with Crippen LogP contribution in [0.4, 0.5) is 0 Å². The molecular weight excluding hydrogens is 100 g/mol. The van der Waals surface area contributed by atoms with E-state index >= 15 is 0 Å². The Morgan fingerprint density at radius 1 is 1.75 bits per heavy atom. The van der Waals surface area contributed by atoms with Gasteiger partial charge in [-0.15, -0.1) is 6.42 Å². The first-order valence-electron chi connectivity index (χ1n) is 2.57. The summed E-state index contributed by atoms with van der Waals surface area (Å²) in [6, 6.07) is 0. The van der Waals surface area contributed by atoms with Crippen LogP contribution in [-0.4, -0.2) is 5.11 Å². The molecule has 0 aliphatic rings. The van der Waals surface area contributed by atoms with Gasteiger partial charge in [0, 0.05) is 5.57 Å². The fourth-order valence-corrected chi connectivity index (χ4v) is 0.462. The van der Waals surface area contributed by atoms with Gasteiger partial charge in [0.25, 0.3) is 0 Å². The number of rotatable bonds is 1. The molecule has 0 saturated heterocycles. The lowest BCUT2D eigenvalue weighted by molar-refractivity contribution is 0.408. The SMILES string of the molecule is C#CC(CC)=C(C)O. The summed E-state index contributed by atoms with van der Waals surface area (Å²) in [5, 5.41) is 8.75. The Labute approximate surface area is 50.0 Å². The molecule has 1 N–H and O–H groups in total. The van der Waals surface area contributed by atoms with E-state index < -0.39 is 0 Å². The van der Waals surface area contributed by atoms with Gasteiger partial charge in [-0.3, -0.25) is 0 Å². The summed E-state index contributed by atoms with van der Waals surface area (Å²) in [4.78, 5) is 0. The predicted molar refractivity (Wildman–Crippen MR) is 34.5 cm³/mol. The highest BCUT2D eigenvalue weighted by Gasteiger charge is 1.90. The molecule has 0 atom stereocenters. The first kappa shape index (κ1) is 7.10. The normalized spacial score (nSPS) is 12.1. The molecule has 1 heteroatoms. The molecule has 0 spiro atoms. The minimum absolute atomic E-state index is 0.259. The van der Waals surface area contributed by atoms with Gasteiger partial charge in [0.15, 0.2) is 0 Å². The molecule has 0 heterocycles. The van der Waals surface area contributed by atoms with E-state index in [1.165, 1.54) is 0 Å². The maximum absolute atomic E-state index is 8.75. The van der Waals surface area contributed by atoms with Crippen molar-refractivity contribution in [2.45, 2.75) is 20.3 Å². The second-order valence-corrected chi connectivity index (χ2v) is 1.56. The van der Waals surface area contributed by atoms with Gasteiger partial charge in [-0.2, -0.15) is 0 Å².